The summed E-state index contributed by atoms with van der Waals surface area (Å²) in [5.41, 5.74) is 12.9. The number of rotatable bonds is 6. The SMILES string of the molecule is [2H]c1ccccc1N(c1ccccc1)c1ccc2c(c1)c1cccc3c4cc5c(cc4n2c13)c1cccc2c3cc(N(c4ccccc4)c4ccccc4[2H])ccc3n5c21. The van der Waals surface area contributed by atoms with Gasteiger partial charge in [-0.05, 0) is 97.0 Å². The molecule has 0 bridgehead atoms. The van der Waals surface area contributed by atoms with E-state index in [2.05, 4.69) is 152 Å². The fourth-order valence-electron chi connectivity index (χ4n) is 9.76. The van der Waals surface area contributed by atoms with Crippen LogP contribution in [0.3, 0.4) is 0 Å². The van der Waals surface area contributed by atoms with Crippen LogP contribution in [0.4, 0.5) is 34.1 Å². The van der Waals surface area contributed by atoms with Crippen molar-refractivity contribution in [3.8, 4) is 0 Å². The molecule has 0 N–H and O–H groups in total. The van der Waals surface area contributed by atoms with Crippen molar-refractivity contribution in [3.63, 3.8) is 0 Å². The van der Waals surface area contributed by atoms with Gasteiger partial charge < -0.3 is 18.6 Å². The van der Waals surface area contributed by atoms with Gasteiger partial charge in [-0.1, -0.05) is 109 Å². The Morgan fingerprint density at radius 1 is 0.276 bits per heavy atom. The lowest BCUT2D eigenvalue weighted by Crippen LogP contribution is -2.09. The molecule has 0 amide bonds. The van der Waals surface area contributed by atoms with Crippen LogP contribution in [0.2, 0.25) is 0 Å². The highest BCUT2D eigenvalue weighted by Gasteiger charge is 2.24. The molecule has 0 unspecified atom stereocenters. The maximum atomic E-state index is 8.84. The molecule has 270 valence electrons. The average Bonchev–Trinajstić information content (AvgIpc) is 4.01. The number of nitrogens with zero attached hydrogens (tertiary/aromatic N) is 4. The minimum Gasteiger partial charge on any atom is -0.310 e. The highest BCUT2D eigenvalue weighted by molar-refractivity contribution is 6.29. The second-order valence-corrected chi connectivity index (χ2v) is 15.2. The number of hydrogen-bond acceptors (Lipinski definition) is 2. The van der Waals surface area contributed by atoms with Gasteiger partial charge in [-0.2, -0.15) is 0 Å². The summed E-state index contributed by atoms with van der Waals surface area (Å²) < 4.78 is 22.6. The second kappa shape index (κ2) is 11.8. The maximum Gasteiger partial charge on any atom is 0.0645 e. The van der Waals surface area contributed by atoms with Crippen molar-refractivity contribution in [2.45, 2.75) is 0 Å². The van der Waals surface area contributed by atoms with Gasteiger partial charge in [0.2, 0.25) is 0 Å². The van der Waals surface area contributed by atoms with E-state index in [9.17, 15) is 0 Å². The molecule has 9 aromatic carbocycles. The van der Waals surface area contributed by atoms with E-state index >= 15 is 0 Å². The lowest BCUT2D eigenvalue weighted by atomic mass is 10.0. The molecule has 4 aromatic heterocycles. The maximum absolute atomic E-state index is 8.84. The molecular formula is C54H34N4. The van der Waals surface area contributed by atoms with Gasteiger partial charge in [0.15, 0.2) is 0 Å². The molecule has 0 aliphatic carbocycles. The van der Waals surface area contributed by atoms with Gasteiger partial charge >= 0.3 is 0 Å². The number of benzene rings is 9. The molecule has 0 atom stereocenters. The Balaban J connectivity index is 1.03. The fraction of sp³-hybridized carbons (Fsp3) is 0. The molecule has 0 saturated heterocycles. The van der Waals surface area contributed by atoms with Crippen molar-refractivity contribution in [2.24, 2.45) is 0 Å². The first kappa shape index (κ1) is 29.5. The van der Waals surface area contributed by atoms with E-state index in [1.807, 2.05) is 60.7 Å². The summed E-state index contributed by atoms with van der Waals surface area (Å²) in [5, 5.41) is 9.74. The van der Waals surface area contributed by atoms with Gasteiger partial charge in [0.05, 0.1) is 35.8 Å². The van der Waals surface area contributed by atoms with Crippen LogP contribution in [0.5, 0.6) is 0 Å². The average molecular weight is 741 g/mol. The summed E-state index contributed by atoms with van der Waals surface area (Å²) in [7, 11) is 0. The van der Waals surface area contributed by atoms with Crippen molar-refractivity contribution in [1.82, 2.24) is 8.80 Å². The zero-order chi connectivity index (χ0) is 39.6. The molecule has 0 fully saturated rings. The summed E-state index contributed by atoms with van der Waals surface area (Å²) in [6.07, 6.45) is 0. The Kier molecular flexibility index (Phi) is 6.02. The summed E-state index contributed by atoms with van der Waals surface area (Å²) in [6, 6.07) is 69.0. The highest BCUT2D eigenvalue weighted by atomic mass is 15.1. The molecule has 4 heteroatoms. The molecule has 58 heavy (non-hydrogen) atoms. The van der Waals surface area contributed by atoms with Crippen molar-refractivity contribution in [3.05, 3.63) is 206 Å². The van der Waals surface area contributed by atoms with Crippen LogP contribution in [0, 0.1) is 0 Å². The normalized spacial score (nSPS) is 12.6. The Bertz CT molecular complexity index is 3560. The smallest absolute Gasteiger partial charge is 0.0645 e. The highest BCUT2D eigenvalue weighted by Crippen LogP contribution is 2.47. The van der Waals surface area contributed by atoms with Crippen molar-refractivity contribution in [1.29, 1.82) is 0 Å². The van der Waals surface area contributed by atoms with Crippen LogP contribution in [-0.4, -0.2) is 8.80 Å². The van der Waals surface area contributed by atoms with Gasteiger partial charge in [-0.25, -0.2) is 0 Å². The van der Waals surface area contributed by atoms with E-state index in [-0.39, 0.29) is 0 Å². The van der Waals surface area contributed by atoms with Gasteiger partial charge in [0, 0.05) is 77.2 Å². The van der Waals surface area contributed by atoms with E-state index in [1.54, 1.807) is 0 Å². The second-order valence-electron chi connectivity index (χ2n) is 15.2. The van der Waals surface area contributed by atoms with Crippen LogP contribution >= 0.6 is 0 Å². The van der Waals surface area contributed by atoms with Crippen LogP contribution in [-0.2, 0) is 0 Å². The Morgan fingerprint density at radius 3 is 1.03 bits per heavy atom. The lowest BCUT2D eigenvalue weighted by Gasteiger charge is -2.25. The zero-order valence-electron chi connectivity index (χ0n) is 33.3. The first-order valence-electron chi connectivity index (χ1n) is 20.8. The molecule has 4 heterocycles. The molecule has 0 aliphatic rings. The monoisotopic (exact) mass is 740 g/mol. The lowest BCUT2D eigenvalue weighted by molar-refractivity contribution is 1.28. The standard InChI is InChI=1S/C54H34N4/c1-5-15-35(16-6-1)55(36-17-7-2-8-18-36)39-27-29-49-45(31-39)41-23-13-25-43-47-34-52-48(33-51(47)57(49)53(41)43)44-26-14-24-42-46-32-40(28-30-50(46)58(52)54(42)44)56(37-19-9-3-10-20-37)38-21-11-4-12-22-38/h1-34H/i15D,19D. The van der Waals surface area contributed by atoms with Crippen LogP contribution in [0.1, 0.15) is 2.74 Å². The van der Waals surface area contributed by atoms with Crippen LogP contribution in [0.25, 0.3) is 76.2 Å². The number of hydrogen-bond donors (Lipinski definition) is 0. The summed E-state index contributed by atoms with van der Waals surface area (Å²) in [6.45, 7) is 0. The van der Waals surface area contributed by atoms with E-state index in [0.717, 1.165) is 45.2 Å². The van der Waals surface area contributed by atoms with Crippen molar-refractivity contribution < 1.29 is 2.74 Å². The van der Waals surface area contributed by atoms with Crippen LogP contribution in [0.15, 0.2) is 206 Å². The number of para-hydroxylation sites is 6. The Hall–Kier alpha value is -7.82. The topological polar surface area (TPSA) is 15.3 Å². The van der Waals surface area contributed by atoms with E-state index in [0.29, 0.717) is 12.1 Å². The van der Waals surface area contributed by atoms with Gasteiger partial charge in [0.1, 0.15) is 0 Å². The molecule has 13 rings (SSSR count). The predicted molar refractivity (Wildman–Crippen MR) is 245 cm³/mol. The number of fused-ring (bicyclic) bond motifs is 12. The Labute approximate surface area is 336 Å². The van der Waals surface area contributed by atoms with Crippen molar-refractivity contribution in [2.75, 3.05) is 9.80 Å². The summed E-state index contributed by atoms with van der Waals surface area (Å²) >= 11 is 0. The fourth-order valence-corrected chi connectivity index (χ4v) is 9.76. The predicted octanol–water partition coefficient (Wildman–Crippen LogP) is 14.9. The number of anilines is 6. The minimum atomic E-state index is 0.479. The molecular weight excluding hydrogens is 705 g/mol. The molecule has 0 radical (unpaired) electrons. The number of aromatic nitrogens is 2. The first-order valence-corrected chi connectivity index (χ1v) is 19.8. The van der Waals surface area contributed by atoms with Gasteiger partial charge in [-0.15, -0.1) is 0 Å². The van der Waals surface area contributed by atoms with E-state index in [4.69, 9.17) is 2.74 Å². The zero-order valence-corrected chi connectivity index (χ0v) is 31.3. The van der Waals surface area contributed by atoms with Crippen LogP contribution < -0.4 is 9.80 Å². The van der Waals surface area contributed by atoms with Gasteiger partial charge in [-0.3, -0.25) is 0 Å². The van der Waals surface area contributed by atoms with Crippen molar-refractivity contribution >= 4 is 110 Å². The summed E-state index contributed by atoms with van der Waals surface area (Å²) in [4.78, 5) is 4.38. The molecule has 0 saturated carbocycles. The molecule has 0 spiro atoms. The molecule has 0 aliphatic heterocycles. The van der Waals surface area contributed by atoms with Gasteiger partial charge in [0.25, 0.3) is 0 Å². The quantitative estimate of drug-likeness (QED) is 0.169. The molecule has 13 aromatic rings. The third-order valence-corrected chi connectivity index (χ3v) is 12.1. The minimum absolute atomic E-state index is 0.479. The molecule has 4 nitrogen and oxygen atoms in total. The Morgan fingerprint density at radius 2 is 0.638 bits per heavy atom. The third-order valence-electron chi connectivity index (χ3n) is 12.1. The van der Waals surface area contributed by atoms with E-state index < -0.39 is 0 Å². The van der Waals surface area contributed by atoms with E-state index in [1.165, 1.54) is 65.2 Å². The third kappa shape index (κ3) is 4.29. The summed E-state index contributed by atoms with van der Waals surface area (Å²) in [5.74, 6) is 0. The first-order chi connectivity index (χ1) is 29.6. The largest absolute Gasteiger partial charge is 0.310 e.